The molecule has 0 aliphatic heterocycles. The summed E-state index contributed by atoms with van der Waals surface area (Å²) in [5, 5.41) is 7.55. The van der Waals surface area contributed by atoms with Gasteiger partial charge in [-0.1, -0.05) is 6.92 Å². The van der Waals surface area contributed by atoms with Crippen LogP contribution in [0, 0.1) is 0 Å². The van der Waals surface area contributed by atoms with Crippen LogP contribution in [0.5, 0.6) is 0 Å². The second-order valence-electron chi connectivity index (χ2n) is 3.36. The Kier molecular flexibility index (Phi) is 4.10. The van der Waals surface area contributed by atoms with E-state index < -0.39 is 0 Å². The van der Waals surface area contributed by atoms with Gasteiger partial charge in [0, 0.05) is 20.4 Å². The van der Waals surface area contributed by atoms with Gasteiger partial charge in [0.2, 0.25) is 0 Å². The lowest BCUT2D eigenvalue weighted by Crippen LogP contribution is -2.32. The third kappa shape index (κ3) is 2.33. The Morgan fingerprint density at radius 3 is 2.79 bits per heavy atom. The van der Waals surface area contributed by atoms with Crippen LogP contribution in [0.3, 0.4) is 0 Å². The maximum absolute atomic E-state index is 5.34. The second-order valence-corrected chi connectivity index (χ2v) is 3.36. The number of aromatic nitrogens is 2. The van der Waals surface area contributed by atoms with Crippen LogP contribution in [0.25, 0.3) is 0 Å². The fourth-order valence-corrected chi connectivity index (χ4v) is 1.56. The minimum atomic E-state index is 0.144. The molecular weight excluding hydrogens is 178 g/mol. The highest BCUT2D eigenvalue weighted by atomic mass is 16.5. The molecule has 0 amide bonds. The molecule has 0 aliphatic carbocycles. The van der Waals surface area contributed by atoms with E-state index in [0.717, 1.165) is 12.2 Å². The third-order valence-electron chi connectivity index (χ3n) is 2.44. The predicted molar refractivity (Wildman–Crippen MR) is 56.1 cm³/mol. The molecule has 0 saturated carbocycles. The van der Waals surface area contributed by atoms with Gasteiger partial charge in [0.15, 0.2) is 0 Å². The lowest BCUT2D eigenvalue weighted by molar-refractivity contribution is 0.0809. The Hall–Kier alpha value is -0.870. The van der Waals surface area contributed by atoms with E-state index in [1.807, 2.05) is 24.0 Å². The summed E-state index contributed by atoms with van der Waals surface area (Å²) >= 11 is 0. The Bertz CT molecular complexity index is 272. The predicted octanol–water partition coefficient (Wildman–Crippen LogP) is 1.11. The zero-order chi connectivity index (χ0) is 10.6. The first-order chi connectivity index (χ1) is 6.70. The number of aryl methyl sites for hydroxylation is 1. The molecule has 1 N–H and O–H groups in total. The van der Waals surface area contributed by atoms with Gasteiger partial charge in [-0.2, -0.15) is 5.10 Å². The van der Waals surface area contributed by atoms with Crippen molar-refractivity contribution >= 4 is 0 Å². The molecule has 0 saturated heterocycles. The summed E-state index contributed by atoms with van der Waals surface area (Å²) in [6.07, 6.45) is 1.95. The monoisotopic (exact) mass is 197 g/mol. The Morgan fingerprint density at radius 1 is 1.64 bits per heavy atom. The van der Waals surface area contributed by atoms with Crippen LogP contribution < -0.4 is 5.32 Å². The van der Waals surface area contributed by atoms with E-state index >= 15 is 0 Å². The highest BCUT2D eigenvalue weighted by molar-refractivity contribution is 5.08. The van der Waals surface area contributed by atoms with E-state index in [4.69, 9.17) is 4.74 Å². The minimum absolute atomic E-state index is 0.144. The molecule has 80 valence electrons. The summed E-state index contributed by atoms with van der Waals surface area (Å²) in [5.74, 6) is 0. The largest absolute Gasteiger partial charge is 0.380 e. The van der Waals surface area contributed by atoms with Crippen LogP contribution in [0.15, 0.2) is 12.3 Å². The van der Waals surface area contributed by atoms with Crippen molar-refractivity contribution in [1.29, 1.82) is 0 Å². The summed E-state index contributed by atoms with van der Waals surface area (Å²) in [5.41, 5.74) is 1.15. The molecular formula is C10H19N3O. The SMILES string of the molecule is CCNC(c1ccnn1C)C(C)OC. The lowest BCUT2D eigenvalue weighted by atomic mass is 10.1. The van der Waals surface area contributed by atoms with Crippen molar-refractivity contribution in [3.63, 3.8) is 0 Å². The van der Waals surface area contributed by atoms with E-state index in [9.17, 15) is 0 Å². The summed E-state index contributed by atoms with van der Waals surface area (Å²) in [7, 11) is 3.67. The molecule has 2 unspecified atom stereocenters. The fourth-order valence-electron chi connectivity index (χ4n) is 1.56. The van der Waals surface area contributed by atoms with Gasteiger partial charge in [0.25, 0.3) is 0 Å². The molecule has 1 rings (SSSR count). The molecule has 1 aromatic rings. The van der Waals surface area contributed by atoms with E-state index in [1.165, 1.54) is 0 Å². The van der Waals surface area contributed by atoms with E-state index in [2.05, 4.69) is 24.3 Å². The van der Waals surface area contributed by atoms with Gasteiger partial charge in [0.05, 0.1) is 17.8 Å². The van der Waals surface area contributed by atoms with Gasteiger partial charge in [0.1, 0.15) is 0 Å². The third-order valence-corrected chi connectivity index (χ3v) is 2.44. The number of rotatable bonds is 5. The number of ether oxygens (including phenoxy) is 1. The summed E-state index contributed by atoms with van der Waals surface area (Å²) in [4.78, 5) is 0. The van der Waals surface area contributed by atoms with Crippen molar-refractivity contribution in [2.75, 3.05) is 13.7 Å². The smallest absolute Gasteiger partial charge is 0.0755 e. The standard InChI is InChI=1S/C10H19N3O/c1-5-11-10(8(2)14-4)9-6-7-12-13(9)3/h6-8,10-11H,5H2,1-4H3. The number of hydrogen-bond acceptors (Lipinski definition) is 3. The second kappa shape index (κ2) is 5.12. The van der Waals surface area contributed by atoms with Crippen molar-refractivity contribution in [2.45, 2.75) is 26.0 Å². The summed E-state index contributed by atoms with van der Waals surface area (Å²) in [6, 6.07) is 2.22. The van der Waals surface area contributed by atoms with Crippen LogP contribution in [0.4, 0.5) is 0 Å². The molecule has 4 nitrogen and oxygen atoms in total. The van der Waals surface area contributed by atoms with Crippen molar-refractivity contribution in [3.05, 3.63) is 18.0 Å². The molecule has 0 aliphatic rings. The maximum atomic E-state index is 5.34. The highest BCUT2D eigenvalue weighted by Crippen LogP contribution is 2.17. The molecule has 0 bridgehead atoms. The Labute approximate surface area is 85.3 Å². The minimum Gasteiger partial charge on any atom is -0.380 e. The number of hydrogen-bond donors (Lipinski definition) is 1. The van der Waals surface area contributed by atoms with Crippen LogP contribution >= 0.6 is 0 Å². The van der Waals surface area contributed by atoms with Crippen molar-refractivity contribution < 1.29 is 4.74 Å². The molecule has 1 aromatic heterocycles. The maximum Gasteiger partial charge on any atom is 0.0755 e. The lowest BCUT2D eigenvalue weighted by Gasteiger charge is -2.23. The zero-order valence-corrected chi connectivity index (χ0v) is 9.32. The average molecular weight is 197 g/mol. The van der Waals surface area contributed by atoms with Gasteiger partial charge in [-0.3, -0.25) is 4.68 Å². The van der Waals surface area contributed by atoms with Gasteiger partial charge >= 0.3 is 0 Å². The van der Waals surface area contributed by atoms with Gasteiger partial charge in [-0.25, -0.2) is 0 Å². The molecule has 14 heavy (non-hydrogen) atoms. The molecule has 0 radical (unpaired) electrons. The van der Waals surface area contributed by atoms with E-state index in [-0.39, 0.29) is 12.1 Å². The normalized spacial score (nSPS) is 15.4. The van der Waals surface area contributed by atoms with Gasteiger partial charge in [-0.05, 0) is 19.5 Å². The van der Waals surface area contributed by atoms with Gasteiger partial charge in [-0.15, -0.1) is 0 Å². The van der Waals surface area contributed by atoms with E-state index in [1.54, 1.807) is 7.11 Å². The van der Waals surface area contributed by atoms with Crippen LogP contribution in [0.1, 0.15) is 25.6 Å². The zero-order valence-electron chi connectivity index (χ0n) is 9.32. The number of nitrogens with zero attached hydrogens (tertiary/aromatic N) is 2. The number of methoxy groups -OCH3 is 1. The Balaban J connectivity index is 2.82. The molecule has 1 heterocycles. The van der Waals surface area contributed by atoms with Gasteiger partial charge < -0.3 is 10.1 Å². The number of likely N-dealkylation sites (N-methyl/N-ethyl adjacent to an activating group) is 1. The van der Waals surface area contributed by atoms with Crippen molar-refractivity contribution in [2.24, 2.45) is 7.05 Å². The first-order valence-corrected chi connectivity index (χ1v) is 4.94. The van der Waals surface area contributed by atoms with Crippen LogP contribution in [-0.2, 0) is 11.8 Å². The molecule has 2 atom stereocenters. The molecule has 0 fully saturated rings. The molecule has 0 spiro atoms. The van der Waals surface area contributed by atoms with Crippen LogP contribution in [-0.4, -0.2) is 29.5 Å². The molecule has 4 heteroatoms. The first-order valence-electron chi connectivity index (χ1n) is 4.94. The average Bonchev–Trinajstić information content (AvgIpc) is 2.60. The van der Waals surface area contributed by atoms with Crippen molar-refractivity contribution in [1.82, 2.24) is 15.1 Å². The topological polar surface area (TPSA) is 39.1 Å². The van der Waals surface area contributed by atoms with Crippen LogP contribution in [0.2, 0.25) is 0 Å². The molecule has 0 aromatic carbocycles. The Morgan fingerprint density at radius 2 is 2.36 bits per heavy atom. The first kappa shape index (κ1) is 11.2. The van der Waals surface area contributed by atoms with Crippen molar-refractivity contribution in [3.8, 4) is 0 Å². The summed E-state index contributed by atoms with van der Waals surface area (Å²) < 4.78 is 7.22. The summed E-state index contributed by atoms with van der Waals surface area (Å²) in [6.45, 7) is 5.07. The fraction of sp³-hybridized carbons (Fsp3) is 0.700. The highest BCUT2D eigenvalue weighted by Gasteiger charge is 2.20. The quantitative estimate of drug-likeness (QED) is 0.768. The van der Waals surface area contributed by atoms with E-state index in [0.29, 0.717) is 0 Å². The number of nitrogens with one attached hydrogen (secondary N) is 1.